The molecule has 0 bridgehead atoms. The highest BCUT2D eigenvalue weighted by molar-refractivity contribution is 7.97. The van der Waals surface area contributed by atoms with Crippen LogP contribution in [0.15, 0.2) is 53.4 Å². The normalized spacial score (nSPS) is 18.9. The van der Waals surface area contributed by atoms with Gasteiger partial charge in [0.15, 0.2) is 0 Å². The summed E-state index contributed by atoms with van der Waals surface area (Å²) in [4.78, 5) is 13.5. The van der Waals surface area contributed by atoms with Crippen molar-refractivity contribution in [3.05, 3.63) is 65.5 Å². The van der Waals surface area contributed by atoms with Crippen molar-refractivity contribution in [2.24, 2.45) is 5.92 Å². The van der Waals surface area contributed by atoms with Crippen molar-refractivity contribution in [2.45, 2.75) is 63.2 Å². The number of benzene rings is 2. The first-order chi connectivity index (χ1) is 15.1. The van der Waals surface area contributed by atoms with Crippen molar-refractivity contribution in [3.63, 3.8) is 0 Å². The Labute approximate surface area is 194 Å². The molecule has 1 aliphatic rings. The van der Waals surface area contributed by atoms with Crippen molar-refractivity contribution < 1.29 is 19.0 Å². The Morgan fingerprint density at radius 1 is 1.28 bits per heavy atom. The first-order valence-electron chi connectivity index (χ1n) is 11.0. The zero-order chi connectivity index (χ0) is 23.3. The number of nitrogens with one attached hydrogen (secondary N) is 1. The molecule has 0 aliphatic carbocycles. The molecule has 2 aromatic carbocycles. The molecule has 1 amide bonds. The summed E-state index contributed by atoms with van der Waals surface area (Å²) in [7, 11) is 0. The highest BCUT2D eigenvalue weighted by Crippen LogP contribution is 2.33. The Balaban J connectivity index is 1.73. The summed E-state index contributed by atoms with van der Waals surface area (Å²) < 4.78 is 21.2. The number of hydrogen-bond acceptors (Lipinski definition) is 5. The number of carbonyl (C=O) groups excluding carboxylic acids is 1. The predicted molar refractivity (Wildman–Crippen MR) is 126 cm³/mol. The van der Waals surface area contributed by atoms with Gasteiger partial charge in [0, 0.05) is 18.0 Å². The minimum atomic E-state index is -0.815. The van der Waals surface area contributed by atoms with Gasteiger partial charge in [-0.05, 0) is 80.8 Å². The average Bonchev–Trinajstić information content (AvgIpc) is 2.83. The molecule has 1 heterocycles. The number of hydrogen-bond donors (Lipinski definition) is 2. The molecule has 0 spiro atoms. The van der Waals surface area contributed by atoms with E-state index in [1.165, 1.54) is 18.0 Å². The van der Waals surface area contributed by atoms with Crippen LogP contribution in [0.3, 0.4) is 0 Å². The molecule has 0 saturated heterocycles. The van der Waals surface area contributed by atoms with E-state index >= 15 is 0 Å². The van der Waals surface area contributed by atoms with Gasteiger partial charge >= 0.3 is 6.09 Å². The molecule has 0 saturated carbocycles. The number of aliphatic hydroxyl groups excluding tert-OH is 1. The number of β-amino-alcohol motifs (C(OH)–C–C–N with tert-alkyl or cyclic N) is 1. The minimum absolute atomic E-state index is 0.227. The maximum Gasteiger partial charge on any atom is 0.407 e. The third-order valence-electron chi connectivity index (χ3n) is 5.19. The second-order valence-electron chi connectivity index (χ2n) is 9.51. The molecule has 0 radical (unpaired) electrons. The van der Waals surface area contributed by atoms with E-state index in [0.717, 1.165) is 29.0 Å². The molecule has 0 fully saturated rings. The summed E-state index contributed by atoms with van der Waals surface area (Å²) in [6, 6.07) is 14.1. The second kappa shape index (κ2) is 10.7. The van der Waals surface area contributed by atoms with Crippen LogP contribution >= 0.6 is 11.9 Å². The number of aliphatic hydroxyl groups is 1. The number of amides is 1. The van der Waals surface area contributed by atoms with Crippen molar-refractivity contribution in [1.82, 2.24) is 9.62 Å². The first kappa shape index (κ1) is 24.6. The quantitative estimate of drug-likeness (QED) is 0.605. The molecule has 32 heavy (non-hydrogen) atoms. The number of nitrogens with zero attached hydrogens (tertiary/aromatic N) is 1. The van der Waals surface area contributed by atoms with Gasteiger partial charge in [0.05, 0.1) is 12.1 Å². The van der Waals surface area contributed by atoms with Crippen LogP contribution in [0.5, 0.6) is 0 Å². The van der Waals surface area contributed by atoms with Crippen LogP contribution in [-0.2, 0) is 17.6 Å². The van der Waals surface area contributed by atoms with Crippen molar-refractivity contribution in [3.8, 4) is 0 Å². The summed E-state index contributed by atoms with van der Waals surface area (Å²) in [5, 5.41) is 14.0. The fraction of sp³-hybridized carbons (Fsp3) is 0.480. The highest BCUT2D eigenvalue weighted by atomic mass is 32.2. The Kier molecular flexibility index (Phi) is 8.20. The average molecular weight is 461 g/mol. The van der Waals surface area contributed by atoms with Gasteiger partial charge < -0.3 is 15.2 Å². The molecule has 0 aromatic heterocycles. The lowest BCUT2D eigenvalue weighted by molar-refractivity contribution is 0.0402. The summed E-state index contributed by atoms with van der Waals surface area (Å²) in [6.45, 7) is 8.67. The number of halogens is 1. The van der Waals surface area contributed by atoms with Crippen LogP contribution in [0.25, 0.3) is 0 Å². The van der Waals surface area contributed by atoms with Crippen LogP contribution in [0.1, 0.15) is 38.8 Å². The van der Waals surface area contributed by atoms with Crippen LogP contribution in [-0.4, -0.2) is 46.3 Å². The number of fused-ring (bicyclic) bond motifs is 1. The molecule has 1 aliphatic heterocycles. The number of alkyl carbamates (subject to hydrolysis) is 1. The topological polar surface area (TPSA) is 61.8 Å². The maximum absolute atomic E-state index is 13.7. The van der Waals surface area contributed by atoms with Gasteiger partial charge in [-0.3, -0.25) is 0 Å². The highest BCUT2D eigenvalue weighted by Gasteiger charge is 2.29. The van der Waals surface area contributed by atoms with Gasteiger partial charge in [0.2, 0.25) is 0 Å². The van der Waals surface area contributed by atoms with Gasteiger partial charge in [0.25, 0.3) is 0 Å². The van der Waals surface area contributed by atoms with Crippen molar-refractivity contribution in [1.29, 1.82) is 0 Å². The standard InChI is InChI=1S/C25H33FN2O3S/c1-17-12-19-14-20(26)10-11-23(19)32-28(15-17)16-22(29)21(13-18-8-6-5-7-9-18)27-24(30)31-25(2,3)4/h5-11,14,17,21-22,29H,12-13,15-16H2,1-4H3,(H,27,30)/t17-,21?,22+/m0/s1. The van der Waals surface area contributed by atoms with Crippen molar-refractivity contribution >= 4 is 18.0 Å². The third kappa shape index (κ3) is 7.50. The lowest BCUT2D eigenvalue weighted by Crippen LogP contribution is -2.50. The molecule has 2 N–H and O–H groups in total. The van der Waals surface area contributed by atoms with E-state index in [9.17, 15) is 14.3 Å². The molecule has 1 unspecified atom stereocenters. The minimum Gasteiger partial charge on any atom is -0.444 e. The van der Waals surface area contributed by atoms with Gasteiger partial charge in [-0.25, -0.2) is 13.5 Å². The smallest absolute Gasteiger partial charge is 0.407 e. The molecule has 3 rings (SSSR count). The van der Waals surface area contributed by atoms with E-state index in [1.807, 2.05) is 51.1 Å². The SMILES string of the molecule is C[C@H]1Cc2cc(F)ccc2SN(C[C@@H](O)C(Cc2ccccc2)NC(=O)OC(C)(C)C)C1. The van der Waals surface area contributed by atoms with Crippen LogP contribution in [0.2, 0.25) is 0 Å². The molecule has 3 atom stereocenters. The monoisotopic (exact) mass is 460 g/mol. The summed E-state index contributed by atoms with van der Waals surface area (Å²) in [5.74, 6) is 0.0821. The second-order valence-corrected chi connectivity index (χ2v) is 10.6. The third-order valence-corrected chi connectivity index (χ3v) is 6.34. The van der Waals surface area contributed by atoms with E-state index in [1.54, 1.807) is 12.1 Å². The van der Waals surface area contributed by atoms with Gasteiger partial charge in [0.1, 0.15) is 11.4 Å². The molecule has 2 aromatic rings. The van der Waals surface area contributed by atoms with E-state index in [-0.39, 0.29) is 5.82 Å². The predicted octanol–water partition coefficient (Wildman–Crippen LogP) is 4.82. The summed E-state index contributed by atoms with van der Waals surface area (Å²) >= 11 is 1.53. The van der Waals surface area contributed by atoms with Crippen LogP contribution in [0, 0.1) is 11.7 Å². The van der Waals surface area contributed by atoms with E-state index in [2.05, 4.69) is 16.5 Å². The molecule has 5 nitrogen and oxygen atoms in total. The van der Waals surface area contributed by atoms with Crippen LogP contribution in [0.4, 0.5) is 9.18 Å². The Morgan fingerprint density at radius 2 is 2.00 bits per heavy atom. The number of ether oxygens (including phenoxy) is 1. The van der Waals surface area contributed by atoms with E-state index in [0.29, 0.717) is 18.9 Å². The fourth-order valence-corrected chi connectivity index (χ4v) is 5.04. The van der Waals surface area contributed by atoms with E-state index < -0.39 is 23.8 Å². The lowest BCUT2D eigenvalue weighted by atomic mass is 9.99. The Morgan fingerprint density at radius 3 is 2.69 bits per heavy atom. The number of carbonyl (C=O) groups is 1. The van der Waals surface area contributed by atoms with Gasteiger partial charge in [-0.1, -0.05) is 37.3 Å². The molecule has 7 heteroatoms. The zero-order valence-corrected chi connectivity index (χ0v) is 20.0. The zero-order valence-electron chi connectivity index (χ0n) is 19.2. The van der Waals surface area contributed by atoms with Crippen LogP contribution < -0.4 is 5.32 Å². The summed E-state index contributed by atoms with van der Waals surface area (Å²) in [6.07, 6.45) is -0.0902. The molecular formula is C25H33FN2O3S. The number of rotatable bonds is 6. The Bertz CT molecular complexity index is 904. The first-order valence-corrected chi connectivity index (χ1v) is 11.8. The molecule has 174 valence electrons. The maximum atomic E-state index is 13.7. The lowest BCUT2D eigenvalue weighted by Gasteiger charge is -2.30. The van der Waals surface area contributed by atoms with Crippen molar-refractivity contribution in [2.75, 3.05) is 13.1 Å². The molecular weight excluding hydrogens is 427 g/mol. The largest absolute Gasteiger partial charge is 0.444 e. The van der Waals surface area contributed by atoms with Gasteiger partial charge in [-0.2, -0.15) is 0 Å². The van der Waals surface area contributed by atoms with E-state index in [4.69, 9.17) is 4.74 Å². The fourth-order valence-electron chi connectivity index (χ4n) is 3.82. The summed E-state index contributed by atoms with van der Waals surface area (Å²) in [5.41, 5.74) is 1.39. The Hall–Kier alpha value is -2.09. The van der Waals surface area contributed by atoms with Gasteiger partial charge in [-0.15, -0.1) is 0 Å².